The van der Waals surface area contributed by atoms with Gasteiger partial charge in [0.05, 0.1) is 6.61 Å². The molecule has 0 saturated heterocycles. The summed E-state index contributed by atoms with van der Waals surface area (Å²) in [5.74, 6) is -2.09. The minimum absolute atomic E-state index is 0.144. The van der Waals surface area contributed by atoms with Crippen LogP contribution in [0.5, 0.6) is 0 Å². The van der Waals surface area contributed by atoms with Crippen molar-refractivity contribution in [3.8, 4) is 0 Å². The largest absolute Gasteiger partial charge is 0.490 e. The highest BCUT2D eigenvalue weighted by Crippen LogP contribution is 2.16. The fraction of sp³-hybridized carbons (Fsp3) is 0.786. The fourth-order valence-electron chi connectivity index (χ4n) is 1.54. The average Bonchev–Trinajstić information content (AvgIpc) is 2.34. The Labute approximate surface area is 113 Å². The molecule has 0 aliphatic carbocycles. The summed E-state index contributed by atoms with van der Waals surface area (Å²) in [5.41, 5.74) is 0. The molecule has 0 aliphatic heterocycles. The van der Waals surface area contributed by atoms with E-state index in [1.807, 2.05) is 0 Å². The van der Waals surface area contributed by atoms with Crippen LogP contribution in [0.3, 0.4) is 0 Å². The lowest BCUT2D eigenvalue weighted by Gasteiger charge is -2.06. The minimum atomic E-state index is -4.87. The zero-order valence-electron chi connectivity index (χ0n) is 11.5. The SMILES string of the molecule is CCC/C=C\CCCCCCCOC(=O)C(F)(F)F. The number of ether oxygens (including phenoxy) is 1. The number of hydrogen-bond acceptors (Lipinski definition) is 2. The smallest absolute Gasteiger partial charge is 0.459 e. The second kappa shape index (κ2) is 10.9. The van der Waals surface area contributed by atoms with Gasteiger partial charge >= 0.3 is 12.1 Å². The van der Waals surface area contributed by atoms with E-state index in [9.17, 15) is 18.0 Å². The van der Waals surface area contributed by atoms with Gasteiger partial charge in [-0.25, -0.2) is 4.79 Å². The summed E-state index contributed by atoms with van der Waals surface area (Å²) in [6.45, 7) is 1.99. The second-order valence-corrected chi connectivity index (χ2v) is 4.45. The molecule has 0 spiro atoms. The molecule has 0 aromatic rings. The maximum atomic E-state index is 11.8. The van der Waals surface area contributed by atoms with Crippen molar-refractivity contribution in [3.63, 3.8) is 0 Å². The minimum Gasteiger partial charge on any atom is -0.459 e. The lowest BCUT2D eigenvalue weighted by atomic mass is 10.1. The van der Waals surface area contributed by atoms with Gasteiger partial charge in [-0.3, -0.25) is 0 Å². The average molecular weight is 280 g/mol. The Morgan fingerprint density at radius 3 is 2.21 bits per heavy atom. The third-order valence-corrected chi connectivity index (χ3v) is 2.60. The van der Waals surface area contributed by atoms with Crippen LogP contribution in [0, 0.1) is 0 Å². The van der Waals surface area contributed by atoms with Crippen molar-refractivity contribution < 1.29 is 22.7 Å². The van der Waals surface area contributed by atoms with Crippen LogP contribution in [0.1, 0.15) is 58.3 Å². The Kier molecular flexibility index (Phi) is 10.3. The van der Waals surface area contributed by atoms with E-state index in [4.69, 9.17) is 0 Å². The Hall–Kier alpha value is -1.00. The predicted molar refractivity (Wildman–Crippen MR) is 68.8 cm³/mol. The van der Waals surface area contributed by atoms with Crippen molar-refractivity contribution in [2.24, 2.45) is 0 Å². The van der Waals surface area contributed by atoms with Crippen LogP contribution >= 0.6 is 0 Å². The van der Waals surface area contributed by atoms with Gasteiger partial charge in [-0.15, -0.1) is 0 Å². The standard InChI is InChI=1S/C14H23F3O2/c1-2-3-4-5-6-7-8-9-10-11-12-19-13(18)14(15,16)17/h4-5H,2-3,6-12H2,1H3/b5-4-. The number of halogens is 3. The van der Waals surface area contributed by atoms with Crippen LogP contribution in [-0.4, -0.2) is 18.8 Å². The van der Waals surface area contributed by atoms with Gasteiger partial charge in [0.25, 0.3) is 0 Å². The maximum Gasteiger partial charge on any atom is 0.490 e. The molecule has 0 amide bonds. The fourth-order valence-corrected chi connectivity index (χ4v) is 1.54. The van der Waals surface area contributed by atoms with E-state index in [1.165, 1.54) is 0 Å². The van der Waals surface area contributed by atoms with E-state index in [0.29, 0.717) is 6.42 Å². The Morgan fingerprint density at radius 2 is 1.58 bits per heavy atom. The molecule has 112 valence electrons. The topological polar surface area (TPSA) is 26.3 Å². The van der Waals surface area contributed by atoms with Crippen LogP contribution in [0.15, 0.2) is 12.2 Å². The van der Waals surface area contributed by atoms with Crippen molar-refractivity contribution in [1.82, 2.24) is 0 Å². The van der Waals surface area contributed by atoms with Crippen molar-refractivity contribution in [2.75, 3.05) is 6.61 Å². The van der Waals surface area contributed by atoms with Crippen molar-refractivity contribution in [3.05, 3.63) is 12.2 Å². The summed E-state index contributed by atoms with van der Waals surface area (Å²) >= 11 is 0. The first-order valence-corrected chi connectivity index (χ1v) is 6.87. The second-order valence-electron chi connectivity index (χ2n) is 4.45. The number of alkyl halides is 3. The molecule has 0 rings (SSSR count). The zero-order chi connectivity index (χ0) is 14.6. The van der Waals surface area contributed by atoms with Crippen LogP contribution in [0.2, 0.25) is 0 Å². The first kappa shape index (κ1) is 18.0. The highest BCUT2D eigenvalue weighted by atomic mass is 19.4. The Morgan fingerprint density at radius 1 is 1.00 bits per heavy atom. The Balaban J connectivity index is 3.26. The van der Waals surface area contributed by atoms with E-state index >= 15 is 0 Å². The van der Waals surface area contributed by atoms with Gasteiger partial charge in [-0.2, -0.15) is 13.2 Å². The molecule has 19 heavy (non-hydrogen) atoms. The van der Waals surface area contributed by atoms with E-state index in [-0.39, 0.29) is 6.61 Å². The summed E-state index contributed by atoms with van der Waals surface area (Å²) in [4.78, 5) is 10.4. The molecule has 0 fully saturated rings. The summed E-state index contributed by atoms with van der Waals surface area (Å²) in [7, 11) is 0. The first-order chi connectivity index (χ1) is 8.98. The molecule has 0 unspecified atom stereocenters. The lowest BCUT2D eigenvalue weighted by Crippen LogP contribution is -2.25. The number of unbranched alkanes of at least 4 members (excludes halogenated alkanes) is 6. The quantitative estimate of drug-likeness (QED) is 0.327. The number of rotatable bonds is 10. The highest BCUT2D eigenvalue weighted by Gasteiger charge is 2.40. The third kappa shape index (κ3) is 11.8. The number of carbonyl (C=O) groups excluding carboxylic acids is 1. The van der Waals surface area contributed by atoms with E-state index in [0.717, 1.165) is 44.9 Å². The van der Waals surface area contributed by atoms with Gasteiger partial charge in [0.15, 0.2) is 0 Å². The van der Waals surface area contributed by atoms with Crippen molar-refractivity contribution in [1.29, 1.82) is 0 Å². The van der Waals surface area contributed by atoms with Crippen molar-refractivity contribution >= 4 is 5.97 Å². The van der Waals surface area contributed by atoms with Crippen LogP contribution in [-0.2, 0) is 9.53 Å². The van der Waals surface area contributed by atoms with Crippen LogP contribution in [0.25, 0.3) is 0 Å². The number of allylic oxidation sites excluding steroid dienone is 2. The summed E-state index contributed by atoms with van der Waals surface area (Å²) in [6.07, 6.45) is 7.23. The molecule has 0 bridgehead atoms. The molecular formula is C14H23F3O2. The molecule has 0 heterocycles. The molecule has 0 N–H and O–H groups in total. The number of carbonyl (C=O) groups is 1. The predicted octanol–water partition coefficient (Wildman–Crippen LogP) is 4.79. The maximum absolute atomic E-state index is 11.8. The lowest BCUT2D eigenvalue weighted by molar-refractivity contribution is -0.199. The normalized spacial score (nSPS) is 12.0. The first-order valence-electron chi connectivity index (χ1n) is 6.87. The van der Waals surface area contributed by atoms with E-state index in [2.05, 4.69) is 23.8 Å². The summed E-state index contributed by atoms with van der Waals surface area (Å²) < 4.78 is 39.4. The monoisotopic (exact) mass is 280 g/mol. The number of esters is 1. The highest BCUT2D eigenvalue weighted by molar-refractivity contribution is 5.75. The molecule has 0 aromatic carbocycles. The van der Waals surface area contributed by atoms with Gasteiger partial charge in [0.2, 0.25) is 0 Å². The molecule has 5 heteroatoms. The van der Waals surface area contributed by atoms with Crippen molar-refractivity contribution in [2.45, 2.75) is 64.5 Å². The zero-order valence-corrected chi connectivity index (χ0v) is 11.5. The van der Waals surface area contributed by atoms with Gasteiger partial charge in [-0.05, 0) is 25.7 Å². The molecule has 0 atom stereocenters. The third-order valence-electron chi connectivity index (χ3n) is 2.60. The van der Waals surface area contributed by atoms with E-state index < -0.39 is 12.1 Å². The molecule has 0 aliphatic rings. The van der Waals surface area contributed by atoms with Crippen LogP contribution < -0.4 is 0 Å². The summed E-state index contributed by atoms with van der Waals surface area (Å²) in [6, 6.07) is 0. The van der Waals surface area contributed by atoms with E-state index in [1.54, 1.807) is 0 Å². The molecule has 2 nitrogen and oxygen atoms in total. The molecule has 0 radical (unpaired) electrons. The van der Waals surface area contributed by atoms with Gasteiger partial charge in [-0.1, -0.05) is 44.8 Å². The van der Waals surface area contributed by atoms with Gasteiger partial charge < -0.3 is 4.74 Å². The molecular weight excluding hydrogens is 257 g/mol. The molecule has 0 saturated carbocycles. The number of hydrogen-bond donors (Lipinski definition) is 0. The summed E-state index contributed by atoms with van der Waals surface area (Å²) in [5, 5.41) is 0. The van der Waals surface area contributed by atoms with Crippen LogP contribution in [0.4, 0.5) is 13.2 Å². The Bertz CT molecular complexity index is 260. The molecule has 0 aromatic heterocycles. The van der Waals surface area contributed by atoms with Gasteiger partial charge in [0, 0.05) is 0 Å². The van der Waals surface area contributed by atoms with Gasteiger partial charge in [0.1, 0.15) is 0 Å².